The Balaban J connectivity index is 2.05. The number of nitrogens with zero attached hydrogens (tertiary/aromatic N) is 1. The second-order valence-corrected chi connectivity index (χ2v) is 5.33. The van der Waals surface area contributed by atoms with E-state index in [1.54, 1.807) is 0 Å². The summed E-state index contributed by atoms with van der Waals surface area (Å²) in [7, 11) is 0. The molecule has 6 heteroatoms. The number of halogens is 2. The minimum Gasteiger partial charge on any atom is -0.397 e. The molecule has 104 valence electrons. The molecular weight excluding hydrogens is 269 g/mol. The van der Waals surface area contributed by atoms with Crippen LogP contribution >= 0.6 is 11.6 Å². The second kappa shape index (κ2) is 5.65. The molecule has 1 aromatic rings. The minimum absolute atomic E-state index is 0.0323. The number of nitrogen functional groups attached to an aromatic ring is 1. The topological polar surface area (TPSA) is 72.4 Å². The first-order valence-corrected chi connectivity index (χ1v) is 6.63. The molecule has 4 nitrogen and oxygen atoms in total. The van der Waals surface area contributed by atoms with Crippen LogP contribution in [-0.4, -0.2) is 19.0 Å². The maximum Gasteiger partial charge on any atom is 0.217 e. The summed E-state index contributed by atoms with van der Waals surface area (Å²) in [6.07, 6.45) is 2.12. The fourth-order valence-electron chi connectivity index (χ4n) is 2.49. The van der Waals surface area contributed by atoms with Gasteiger partial charge in [0.1, 0.15) is 5.82 Å². The number of rotatable bonds is 3. The van der Waals surface area contributed by atoms with Crippen LogP contribution in [0.1, 0.15) is 19.3 Å². The summed E-state index contributed by atoms with van der Waals surface area (Å²) in [6.45, 7) is 1.48. The van der Waals surface area contributed by atoms with Crippen molar-refractivity contribution in [2.45, 2.75) is 19.3 Å². The van der Waals surface area contributed by atoms with Crippen LogP contribution in [0.25, 0.3) is 0 Å². The Hall–Kier alpha value is -1.49. The third-order valence-corrected chi connectivity index (χ3v) is 3.80. The van der Waals surface area contributed by atoms with Crippen LogP contribution in [0, 0.1) is 11.7 Å². The van der Waals surface area contributed by atoms with Crippen LogP contribution in [0.2, 0.25) is 5.02 Å². The first-order chi connectivity index (χ1) is 8.97. The molecule has 1 aromatic carbocycles. The van der Waals surface area contributed by atoms with Gasteiger partial charge in [0, 0.05) is 25.6 Å². The lowest BCUT2D eigenvalue weighted by Gasteiger charge is -2.34. The lowest BCUT2D eigenvalue weighted by atomic mass is 9.93. The third-order valence-electron chi connectivity index (χ3n) is 3.51. The Kier molecular flexibility index (Phi) is 4.14. The second-order valence-electron chi connectivity index (χ2n) is 4.93. The van der Waals surface area contributed by atoms with E-state index < -0.39 is 5.82 Å². The van der Waals surface area contributed by atoms with Crippen molar-refractivity contribution in [3.05, 3.63) is 23.0 Å². The highest BCUT2D eigenvalue weighted by Crippen LogP contribution is 2.32. The van der Waals surface area contributed by atoms with Gasteiger partial charge in [0.15, 0.2) is 0 Å². The molecule has 1 fully saturated rings. The molecular formula is C13H17ClFN3O. The van der Waals surface area contributed by atoms with Gasteiger partial charge in [0.05, 0.1) is 16.4 Å². The van der Waals surface area contributed by atoms with Gasteiger partial charge in [-0.05, 0) is 24.8 Å². The molecule has 1 amide bonds. The zero-order valence-corrected chi connectivity index (χ0v) is 11.3. The lowest BCUT2D eigenvalue weighted by molar-refractivity contribution is -0.119. The molecule has 0 radical (unpaired) electrons. The number of benzene rings is 1. The number of hydrogen-bond acceptors (Lipinski definition) is 3. The maximum absolute atomic E-state index is 13.5. The Morgan fingerprint density at radius 1 is 1.42 bits per heavy atom. The van der Waals surface area contributed by atoms with E-state index in [-0.39, 0.29) is 10.9 Å². The molecule has 0 saturated carbocycles. The van der Waals surface area contributed by atoms with E-state index in [1.165, 1.54) is 12.1 Å². The normalized spacial score (nSPS) is 16.6. The first-order valence-electron chi connectivity index (χ1n) is 6.25. The molecule has 0 atom stereocenters. The van der Waals surface area contributed by atoms with Gasteiger partial charge in [-0.2, -0.15) is 0 Å². The number of piperidine rings is 1. The summed E-state index contributed by atoms with van der Waals surface area (Å²) in [4.78, 5) is 12.9. The number of amides is 1. The molecule has 1 saturated heterocycles. The van der Waals surface area contributed by atoms with Crippen molar-refractivity contribution in [3.63, 3.8) is 0 Å². The van der Waals surface area contributed by atoms with E-state index in [9.17, 15) is 9.18 Å². The van der Waals surface area contributed by atoms with Crippen molar-refractivity contribution in [3.8, 4) is 0 Å². The largest absolute Gasteiger partial charge is 0.397 e. The fourth-order valence-corrected chi connectivity index (χ4v) is 2.66. The van der Waals surface area contributed by atoms with Crippen molar-refractivity contribution in [2.24, 2.45) is 11.7 Å². The molecule has 0 aromatic heterocycles. The number of hydrogen-bond donors (Lipinski definition) is 2. The monoisotopic (exact) mass is 285 g/mol. The van der Waals surface area contributed by atoms with Gasteiger partial charge in [0.2, 0.25) is 5.91 Å². The smallest absolute Gasteiger partial charge is 0.217 e. The number of anilines is 2. The summed E-state index contributed by atoms with van der Waals surface area (Å²) in [6, 6.07) is 2.80. The standard InChI is InChI=1S/C13H17ClFN3O/c14-9-6-11(16)12(7-10(9)15)18-3-1-8(2-4-18)5-13(17)19/h6-8H,1-5,16H2,(H2,17,19). The molecule has 2 rings (SSSR count). The van der Waals surface area contributed by atoms with Crippen molar-refractivity contribution in [2.75, 3.05) is 23.7 Å². The molecule has 1 heterocycles. The maximum atomic E-state index is 13.5. The Morgan fingerprint density at radius 2 is 2.05 bits per heavy atom. The van der Waals surface area contributed by atoms with Crippen molar-refractivity contribution in [1.29, 1.82) is 0 Å². The molecule has 4 N–H and O–H groups in total. The highest BCUT2D eigenvalue weighted by molar-refractivity contribution is 6.31. The SMILES string of the molecule is NC(=O)CC1CCN(c2cc(F)c(Cl)cc2N)CC1. The lowest BCUT2D eigenvalue weighted by Crippen LogP contribution is -2.35. The van der Waals surface area contributed by atoms with Gasteiger partial charge in [-0.25, -0.2) is 4.39 Å². The molecule has 1 aliphatic rings. The van der Waals surface area contributed by atoms with E-state index in [0.29, 0.717) is 23.7 Å². The van der Waals surface area contributed by atoms with E-state index in [4.69, 9.17) is 23.1 Å². The van der Waals surface area contributed by atoms with E-state index in [0.717, 1.165) is 25.9 Å². The van der Waals surface area contributed by atoms with Gasteiger partial charge >= 0.3 is 0 Å². The van der Waals surface area contributed by atoms with Crippen molar-refractivity contribution >= 4 is 28.9 Å². The zero-order chi connectivity index (χ0) is 14.0. The molecule has 1 aliphatic heterocycles. The summed E-state index contributed by atoms with van der Waals surface area (Å²) < 4.78 is 13.5. The number of primary amides is 1. The zero-order valence-electron chi connectivity index (χ0n) is 10.5. The predicted octanol–water partition coefficient (Wildman–Crippen LogP) is 2.15. The molecule has 0 aliphatic carbocycles. The van der Waals surface area contributed by atoms with Gasteiger partial charge < -0.3 is 16.4 Å². The molecule has 19 heavy (non-hydrogen) atoms. The average molecular weight is 286 g/mol. The Morgan fingerprint density at radius 3 is 2.63 bits per heavy atom. The predicted molar refractivity (Wildman–Crippen MR) is 74.6 cm³/mol. The van der Waals surface area contributed by atoms with Crippen LogP contribution in [0.3, 0.4) is 0 Å². The highest BCUT2D eigenvalue weighted by atomic mass is 35.5. The molecule has 0 unspecified atom stereocenters. The number of nitrogens with two attached hydrogens (primary N) is 2. The van der Waals surface area contributed by atoms with Crippen molar-refractivity contribution < 1.29 is 9.18 Å². The van der Waals surface area contributed by atoms with Crippen molar-refractivity contribution in [1.82, 2.24) is 0 Å². The summed E-state index contributed by atoms with van der Waals surface area (Å²) in [5, 5.41) is 0.0323. The number of carbonyl (C=O) groups excluding carboxylic acids is 1. The van der Waals surface area contributed by atoms with Gasteiger partial charge in [-0.3, -0.25) is 4.79 Å². The number of carbonyl (C=O) groups is 1. The van der Waals surface area contributed by atoms with E-state index in [1.807, 2.05) is 4.90 Å². The summed E-state index contributed by atoms with van der Waals surface area (Å²) in [5.41, 5.74) is 12.2. The fraction of sp³-hybridized carbons (Fsp3) is 0.462. The molecule has 0 spiro atoms. The average Bonchev–Trinajstić information content (AvgIpc) is 2.34. The quantitative estimate of drug-likeness (QED) is 0.836. The van der Waals surface area contributed by atoms with Crippen LogP contribution in [0.5, 0.6) is 0 Å². The van der Waals surface area contributed by atoms with Crippen LogP contribution in [0.4, 0.5) is 15.8 Å². The Labute approximate surface area is 116 Å². The molecule has 0 bridgehead atoms. The third kappa shape index (κ3) is 3.29. The van der Waals surface area contributed by atoms with Crippen LogP contribution in [0.15, 0.2) is 12.1 Å². The Bertz CT molecular complexity index is 487. The van der Waals surface area contributed by atoms with Gasteiger partial charge in [0.25, 0.3) is 0 Å². The summed E-state index contributed by atoms with van der Waals surface area (Å²) in [5.74, 6) is -0.423. The van der Waals surface area contributed by atoms with Crippen LogP contribution < -0.4 is 16.4 Å². The summed E-state index contributed by atoms with van der Waals surface area (Å²) >= 11 is 5.68. The highest BCUT2D eigenvalue weighted by Gasteiger charge is 2.22. The van der Waals surface area contributed by atoms with Gasteiger partial charge in [-0.15, -0.1) is 0 Å². The van der Waals surface area contributed by atoms with Gasteiger partial charge in [-0.1, -0.05) is 11.6 Å². The van der Waals surface area contributed by atoms with Crippen LogP contribution in [-0.2, 0) is 4.79 Å². The first kappa shape index (κ1) is 13.9. The van der Waals surface area contributed by atoms with E-state index >= 15 is 0 Å². The minimum atomic E-state index is -0.467. The van der Waals surface area contributed by atoms with E-state index in [2.05, 4.69) is 0 Å².